The van der Waals surface area contributed by atoms with Gasteiger partial charge in [-0.1, -0.05) is 32.0 Å². The van der Waals surface area contributed by atoms with E-state index < -0.39 is 21.7 Å². The Morgan fingerprint density at radius 1 is 1.10 bits per heavy atom. The SMILES string of the molecule is CCN(CC)S(=O)(=O)c1ccc(F)c(C(=O)N(C)CCc2ccccc2OC)c1. The molecule has 0 aliphatic heterocycles. The van der Waals surface area contributed by atoms with Crippen molar-refractivity contribution < 1.29 is 22.3 Å². The molecule has 8 heteroatoms. The number of carbonyl (C=O) groups excluding carboxylic acids is 1. The van der Waals surface area contributed by atoms with E-state index in [0.29, 0.717) is 18.7 Å². The molecule has 29 heavy (non-hydrogen) atoms. The van der Waals surface area contributed by atoms with Gasteiger partial charge in [-0.25, -0.2) is 12.8 Å². The van der Waals surface area contributed by atoms with Gasteiger partial charge in [-0.15, -0.1) is 0 Å². The third kappa shape index (κ3) is 5.13. The first-order chi connectivity index (χ1) is 13.8. The van der Waals surface area contributed by atoms with E-state index in [2.05, 4.69) is 0 Å². The molecule has 0 saturated carbocycles. The quantitative estimate of drug-likeness (QED) is 0.623. The van der Waals surface area contributed by atoms with Crippen LogP contribution < -0.4 is 4.74 Å². The summed E-state index contributed by atoms with van der Waals surface area (Å²) in [5.41, 5.74) is 0.661. The number of para-hydroxylation sites is 1. The van der Waals surface area contributed by atoms with Crippen LogP contribution in [0.15, 0.2) is 47.4 Å². The van der Waals surface area contributed by atoms with Crippen molar-refractivity contribution >= 4 is 15.9 Å². The molecule has 0 radical (unpaired) electrons. The zero-order valence-corrected chi connectivity index (χ0v) is 18.0. The minimum absolute atomic E-state index is 0.0934. The number of methoxy groups -OCH3 is 1. The Balaban J connectivity index is 2.23. The van der Waals surface area contributed by atoms with Crippen molar-refractivity contribution in [2.75, 3.05) is 33.8 Å². The van der Waals surface area contributed by atoms with E-state index in [1.165, 1.54) is 15.3 Å². The topological polar surface area (TPSA) is 66.9 Å². The van der Waals surface area contributed by atoms with E-state index in [1.807, 2.05) is 24.3 Å². The van der Waals surface area contributed by atoms with Gasteiger partial charge in [-0.2, -0.15) is 4.31 Å². The molecule has 0 bridgehead atoms. The second kappa shape index (κ2) is 9.84. The minimum atomic E-state index is -3.78. The summed E-state index contributed by atoms with van der Waals surface area (Å²) < 4.78 is 46.3. The number of sulfonamides is 1. The first-order valence-electron chi connectivity index (χ1n) is 9.43. The molecule has 0 N–H and O–H groups in total. The van der Waals surface area contributed by atoms with Gasteiger partial charge in [0.15, 0.2) is 0 Å². The number of rotatable bonds is 9. The summed E-state index contributed by atoms with van der Waals surface area (Å²) in [5.74, 6) is -0.613. The standard InChI is InChI=1S/C21H27FN2O4S/c1-5-24(6-2)29(26,27)17-11-12-19(22)18(15-17)21(25)23(3)14-13-16-9-7-8-10-20(16)28-4/h7-12,15H,5-6,13-14H2,1-4H3. The predicted molar refractivity (Wildman–Crippen MR) is 110 cm³/mol. The highest BCUT2D eigenvalue weighted by Gasteiger charge is 2.25. The third-order valence-electron chi connectivity index (χ3n) is 4.77. The van der Waals surface area contributed by atoms with Crippen LogP contribution in [0, 0.1) is 5.82 Å². The third-order valence-corrected chi connectivity index (χ3v) is 6.81. The number of hydrogen-bond donors (Lipinski definition) is 0. The van der Waals surface area contributed by atoms with E-state index in [9.17, 15) is 17.6 Å². The number of carbonyl (C=O) groups is 1. The molecule has 0 saturated heterocycles. The molecule has 6 nitrogen and oxygen atoms in total. The summed E-state index contributed by atoms with van der Waals surface area (Å²) >= 11 is 0. The van der Waals surface area contributed by atoms with Gasteiger partial charge >= 0.3 is 0 Å². The van der Waals surface area contributed by atoms with Gasteiger partial charge in [0.25, 0.3) is 5.91 Å². The lowest BCUT2D eigenvalue weighted by molar-refractivity contribution is 0.0791. The molecule has 0 heterocycles. The zero-order valence-electron chi connectivity index (χ0n) is 17.2. The van der Waals surface area contributed by atoms with Crippen LogP contribution >= 0.6 is 0 Å². The number of hydrogen-bond acceptors (Lipinski definition) is 4. The van der Waals surface area contributed by atoms with Crippen LogP contribution in [0.4, 0.5) is 4.39 Å². The summed E-state index contributed by atoms with van der Waals surface area (Å²) in [6, 6.07) is 10.8. The normalized spacial score (nSPS) is 11.5. The number of ether oxygens (including phenoxy) is 1. The Morgan fingerprint density at radius 2 is 1.76 bits per heavy atom. The summed E-state index contributed by atoms with van der Waals surface area (Å²) in [7, 11) is -0.652. The maximum atomic E-state index is 14.3. The van der Waals surface area contributed by atoms with Gasteiger partial charge in [0, 0.05) is 26.7 Å². The van der Waals surface area contributed by atoms with Crippen molar-refractivity contribution in [3.63, 3.8) is 0 Å². The van der Waals surface area contributed by atoms with Gasteiger partial charge in [0.1, 0.15) is 11.6 Å². The van der Waals surface area contributed by atoms with Gasteiger partial charge in [-0.05, 0) is 36.2 Å². The van der Waals surface area contributed by atoms with Crippen LogP contribution in [0.3, 0.4) is 0 Å². The second-order valence-corrected chi connectivity index (χ2v) is 8.46. The zero-order chi connectivity index (χ0) is 21.6. The molecule has 2 aromatic rings. The molecule has 0 aromatic heterocycles. The van der Waals surface area contributed by atoms with Gasteiger partial charge in [0.05, 0.1) is 17.6 Å². The molecular formula is C21H27FN2O4S. The number of benzene rings is 2. The maximum absolute atomic E-state index is 14.3. The summed E-state index contributed by atoms with van der Waals surface area (Å²) in [6.07, 6.45) is 0.519. The van der Waals surface area contributed by atoms with Crippen LogP contribution in [0.1, 0.15) is 29.8 Å². The fraction of sp³-hybridized carbons (Fsp3) is 0.381. The molecule has 0 fully saturated rings. The fourth-order valence-corrected chi connectivity index (χ4v) is 4.53. The van der Waals surface area contributed by atoms with Crippen LogP contribution in [-0.4, -0.2) is 57.3 Å². The van der Waals surface area contributed by atoms with E-state index in [-0.39, 0.29) is 23.5 Å². The van der Waals surface area contributed by atoms with E-state index in [0.717, 1.165) is 17.7 Å². The summed E-state index contributed by atoms with van der Waals surface area (Å²) in [5, 5.41) is 0. The van der Waals surface area contributed by atoms with E-state index in [1.54, 1.807) is 28.0 Å². The molecule has 0 unspecified atom stereocenters. The fourth-order valence-electron chi connectivity index (χ4n) is 3.05. The molecule has 2 aromatic carbocycles. The number of nitrogens with zero attached hydrogens (tertiary/aromatic N) is 2. The average Bonchev–Trinajstić information content (AvgIpc) is 2.72. The molecule has 0 spiro atoms. The van der Waals surface area contributed by atoms with Gasteiger partial charge in [-0.3, -0.25) is 4.79 Å². The maximum Gasteiger partial charge on any atom is 0.256 e. The Hall–Kier alpha value is -2.45. The Bertz CT molecular complexity index is 959. The largest absolute Gasteiger partial charge is 0.496 e. The van der Waals surface area contributed by atoms with Crippen LogP contribution in [0.2, 0.25) is 0 Å². The lowest BCUT2D eigenvalue weighted by Crippen LogP contribution is -2.32. The summed E-state index contributed by atoms with van der Waals surface area (Å²) in [4.78, 5) is 14.1. The van der Waals surface area contributed by atoms with Crippen molar-refractivity contribution in [1.29, 1.82) is 0 Å². The van der Waals surface area contributed by atoms with Crippen molar-refractivity contribution in [2.24, 2.45) is 0 Å². The Labute approximate surface area is 171 Å². The number of halogens is 1. The Kier molecular flexibility index (Phi) is 7.75. The van der Waals surface area contributed by atoms with Gasteiger partial charge < -0.3 is 9.64 Å². The molecule has 0 atom stereocenters. The highest BCUT2D eigenvalue weighted by molar-refractivity contribution is 7.89. The molecule has 1 amide bonds. The molecular weight excluding hydrogens is 395 g/mol. The van der Waals surface area contributed by atoms with Crippen LogP contribution in [-0.2, 0) is 16.4 Å². The highest BCUT2D eigenvalue weighted by Crippen LogP contribution is 2.21. The van der Waals surface area contributed by atoms with E-state index in [4.69, 9.17) is 4.74 Å². The monoisotopic (exact) mass is 422 g/mol. The second-order valence-electron chi connectivity index (χ2n) is 6.52. The number of amides is 1. The molecule has 2 rings (SSSR count). The van der Waals surface area contributed by atoms with Crippen LogP contribution in [0.5, 0.6) is 5.75 Å². The first kappa shape index (κ1) is 22.8. The van der Waals surface area contributed by atoms with Crippen molar-refractivity contribution in [1.82, 2.24) is 9.21 Å². The Morgan fingerprint density at radius 3 is 2.38 bits per heavy atom. The van der Waals surface area contributed by atoms with E-state index >= 15 is 0 Å². The number of likely N-dealkylation sites (N-methyl/N-ethyl adjacent to an activating group) is 1. The van der Waals surface area contributed by atoms with Crippen molar-refractivity contribution in [3.8, 4) is 5.75 Å². The predicted octanol–water partition coefficient (Wildman–Crippen LogP) is 3.18. The minimum Gasteiger partial charge on any atom is -0.496 e. The average molecular weight is 423 g/mol. The first-order valence-corrected chi connectivity index (χ1v) is 10.9. The smallest absolute Gasteiger partial charge is 0.256 e. The lowest BCUT2D eigenvalue weighted by Gasteiger charge is -2.21. The highest BCUT2D eigenvalue weighted by atomic mass is 32.2. The molecule has 0 aliphatic rings. The van der Waals surface area contributed by atoms with Gasteiger partial charge in [0.2, 0.25) is 10.0 Å². The van der Waals surface area contributed by atoms with Crippen LogP contribution in [0.25, 0.3) is 0 Å². The molecule has 0 aliphatic carbocycles. The lowest BCUT2D eigenvalue weighted by atomic mass is 10.1. The molecule has 158 valence electrons. The van der Waals surface area contributed by atoms with Crippen molar-refractivity contribution in [3.05, 3.63) is 59.4 Å². The summed E-state index contributed by atoms with van der Waals surface area (Å²) in [6.45, 7) is 4.35. The van der Waals surface area contributed by atoms with Crippen molar-refractivity contribution in [2.45, 2.75) is 25.2 Å².